The number of furan rings is 1. The number of benzene rings is 1. The molecular weight excluding hydrogens is 315 g/mol. The molecular formula is C14H12Cl2N2OS. The van der Waals surface area contributed by atoms with Crippen molar-refractivity contribution in [3.05, 3.63) is 55.9 Å². The molecule has 0 aliphatic carbocycles. The summed E-state index contributed by atoms with van der Waals surface area (Å²) in [5.74, 6) is 6.38. The third-order valence-corrected chi connectivity index (χ3v) is 4.72. The SMILES string of the molecule is Cc1cccc2cc(C(NN)c3cc(Cl)sc3Cl)oc12. The number of hydrazine groups is 1. The molecule has 2 aromatic heterocycles. The summed E-state index contributed by atoms with van der Waals surface area (Å²) in [5, 5.41) is 1.04. The molecule has 0 spiro atoms. The molecule has 2 heterocycles. The predicted octanol–water partition coefficient (Wildman–Crippen LogP) is 4.66. The highest BCUT2D eigenvalue weighted by Gasteiger charge is 2.22. The summed E-state index contributed by atoms with van der Waals surface area (Å²) in [6.07, 6.45) is 0. The van der Waals surface area contributed by atoms with Crippen LogP contribution in [0.25, 0.3) is 11.0 Å². The normalized spacial score (nSPS) is 13.0. The van der Waals surface area contributed by atoms with Gasteiger partial charge in [0.1, 0.15) is 17.4 Å². The van der Waals surface area contributed by atoms with Gasteiger partial charge in [0.15, 0.2) is 0 Å². The van der Waals surface area contributed by atoms with Gasteiger partial charge in [-0.15, -0.1) is 11.3 Å². The Bertz CT molecular complexity index is 766. The molecule has 3 nitrogen and oxygen atoms in total. The van der Waals surface area contributed by atoms with Gasteiger partial charge in [-0.2, -0.15) is 0 Å². The molecule has 0 saturated carbocycles. The van der Waals surface area contributed by atoms with Gasteiger partial charge in [-0.1, -0.05) is 41.4 Å². The highest BCUT2D eigenvalue weighted by molar-refractivity contribution is 7.20. The van der Waals surface area contributed by atoms with Gasteiger partial charge >= 0.3 is 0 Å². The Kier molecular flexibility index (Phi) is 3.75. The number of rotatable bonds is 3. The Hall–Kier alpha value is -1.04. The van der Waals surface area contributed by atoms with Crippen molar-refractivity contribution in [1.29, 1.82) is 0 Å². The summed E-state index contributed by atoms with van der Waals surface area (Å²) in [7, 11) is 0. The summed E-state index contributed by atoms with van der Waals surface area (Å²) < 4.78 is 7.16. The molecule has 0 aliphatic heterocycles. The number of para-hydroxylation sites is 1. The van der Waals surface area contributed by atoms with Crippen molar-refractivity contribution in [2.75, 3.05) is 0 Å². The van der Waals surface area contributed by atoms with Crippen LogP contribution in [0.1, 0.15) is 22.9 Å². The maximum Gasteiger partial charge on any atom is 0.137 e. The predicted molar refractivity (Wildman–Crippen MR) is 84.5 cm³/mol. The first-order chi connectivity index (χ1) is 9.60. The van der Waals surface area contributed by atoms with Crippen molar-refractivity contribution < 1.29 is 4.42 Å². The number of thiophene rings is 1. The zero-order chi connectivity index (χ0) is 14.3. The number of fused-ring (bicyclic) bond motifs is 1. The van der Waals surface area contributed by atoms with E-state index in [0.717, 1.165) is 22.1 Å². The van der Waals surface area contributed by atoms with Crippen molar-refractivity contribution in [3.8, 4) is 0 Å². The first-order valence-electron chi connectivity index (χ1n) is 6.00. The van der Waals surface area contributed by atoms with E-state index in [4.69, 9.17) is 33.5 Å². The van der Waals surface area contributed by atoms with Crippen molar-refractivity contribution in [2.45, 2.75) is 13.0 Å². The minimum absolute atomic E-state index is 0.321. The summed E-state index contributed by atoms with van der Waals surface area (Å²) in [4.78, 5) is 0. The van der Waals surface area contributed by atoms with Crippen molar-refractivity contribution in [3.63, 3.8) is 0 Å². The Morgan fingerprint density at radius 1 is 1.30 bits per heavy atom. The number of aryl methyl sites for hydroxylation is 1. The number of halogens is 2. The second-order valence-electron chi connectivity index (χ2n) is 4.52. The number of nitrogens with one attached hydrogen (secondary N) is 1. The number of hydrogen-bond donors (Lipinski definition) is 2. The van der Waals surface area contributed by atoms with Gasteiger partial charge in [0, 0.05) is 10.9 Å². The molecule has 0 radical (unpaired) electrons. The Balaban J connectivity index is 2.12. The van der Waals surface area contributed by atoms with Gasteiger partial charge in [0.2, 0.25) is 0 Å². The first-order valence-corrected chi connectivity index (χ1v) is 7.57. The summed E-state index contributed by atoms with van der Waals surface area (Å²) in [5.41, 5.74) is 5.50. The minimum atomic E-state index is -0.321. The lowest BCUT2D eigenvalue weighted by molar-refractivity contribution is 0.477. The fraction of sp³-hybridized carbons (Fsp3) is 0.143. The van der Waals surface area contributed by atoms with Crippen LogP contribution in [0.15, 0.2) is 34.7 Å². The van der Waals surface area contributed by atoms with E-state index >= 15 is 0 Å². The van der Waals surface area contributed by atoms with Crippen LogP contribution < -0.4 is 11.3 Å². The third-order valence-electron chi connectivity index (χ3n) is 3.21. The monoisotopic (exact) mass is 326 g/mol. The standard InChI is InChI=1S/C14H12Cl2N2OS/c1-7-3-2-4-8-5-10(19-13(7)8)12(18-17)9-6-11(15)20-14(9)16/h2-6,12,18H,17H2,1H3. The van der Waals surface area contributed by atoms with Crippen LogP contribution in [-0.4, -0.2) is 0 Å². The molecule has 3 rings (SSSR count). The van der Waals surface area contributed by atoms with Crippen molar-refractivity contribution in [2.24, 2.45) is 5.84 Å². The summed E-state index contributed by atoms with van der Waals surface area (Å²) in [6, 6.07) is 9.46. The summed E-state index contributed by atoms with van der Waals surface area (Å²) >= 11 is 13.5. The molecule has 1 aromatic carbocycles. The Morgan fingerprint density at radius 2 is 2.10 bits per heavy atom. The molecule has 3 N–H and O–H groups in total. The van der Waals surface area contributed by atoms with Crippen LogP contribution in [0.2, 0.25) is 8.67 Å². The highest BCUT2D eigenvalue weighted by atomic mass is 35.5. The smallest absolute Gasteiger partial charge is 0.137 e. The molecule has 0 aliphatic rings. The molecule has 104 valence electrons. The van der Waals surface area contributed by atoms with Crippen molar-refractivity contribution in [1.82, 2.24) is 5.43 Å². The Morgan fingerprint density at radius 3 is 2.70 bits per heavy atom. The van der Waals surface area contributed by atoms with E-state index in [1.807, 2.05) is 31.2 Å². The largest absolute Gasteiger partial charge is 0.459 e. The fourth-order valence-electron chi connectivity index (χ4n) is 2.25. The van der Waals surface area contributed by atoms with Crippen molar-refractivity contribution >= 4 is 45.5 Å². The lowest BCUT2D eigenvalue weighted by Crippen LogP contribution is -2.28. The highest BCUT2D eigenvalue weighted by Crippen LogP contribution is 2.38. The topological polar surface area (TPSA) is 51.2 Å². The van der Waals surface area contributed by atoms with Crippen LogP contribution >= 0.6 is 34.5 Å². The first kappa shape index (κ1) is 13.9. The molecule has 1 atom stereocenters. The van der Waals surface area contributed by atoms with Gasteiger partial charge in [-0.05, 0) is 24.6 Å². The number of hydrogen-bond acceptors (Lipinski definition) is 4. The van der Waals surface area contributed by atoms with Gasteiger partial charge in [0.05, 0.1) is 8.67 Å². The second kappa shape index (κ2) is 5.39. The van der Waals surface area contributed by atoms with E-state index in [9.17, 15) is 0 Å². The molecule has 20 heavy (non-hydrogen) atoms. The summed E-state index contributed by atoms with van der Waals surface area (Å²) in [6.45, 7) is 2.01. The van der Waals surface area contributed by atoms with Crippen LogP contribution in [0.3, 0.4) is 0 Å². The average molecular weight is 327 g/mol. The third kappa shape index (κ3) is 2.34. The van der Waals surface area contributed by atoms with Crippen LogP contribution in [0.5, 0.6) is 0 Å². The molecule has 0 amide bonds. The van der Waals surface area contributed by atoms with E-state index in [2.05, 4.69) is 5.43 Å². The van der Waals surface area contributed by atoms with E-state index < -0.39 is 0 Å². The van der Waals surface area contributed by atoms with E-state index in [1.54, 1.807) is 6.07 Å². The van der Waals surface area contributed by atoms with Crippen LogP contribution in [0.4, 0.5) is 0 Å². The molecule has 0 bridgehead atoms. The van der Waals surface area contributed by atoms with E-state index in [-0.39, 0.29) is 6.04 Å². The van der Waals surface area contributed by atoms with Gasteiger partial charge < -0.3 is 4.42 Å². The van der Waals surface area contributed by atoms with Gasteiger partial charge in [-0.3, -0.25) is 5.84 Å². The van der Waals surface area contributed by atoms with E-state index in [0.29, 0.717) is 14.4 Å². The van der Waals surface area contributed by atoms with Gasteiger partial charge in [-0.25, -0.2) is 5.43 Å². The lowest BCUT2D eigenvalue weighted by atomic mass is 10.1. The lowest BCUT2D eigenvalue weighted by Gasteiger charge is -2.12. The van der Waals surface area contributed by atoms with Crippen LogP contribution in [0, 0.1) is 6.92 Å². The molecule has 1 unspecified atom stereocenters. The average Bonchev–Trinajstić information content (AvgIpc) is 2.96. The Labute approximate surface area is 130 Å². The van der Waals surface area contributed by atoms with E-state index in [1.165, 1.54) is 11.3 Å². The second-order valence-corrected chi connectivity index (χ2v) is 6.81. The number of nitrogens with two attached hydrogens (primary N) is 1. The maximum atomic E-state index is 6.20. The molecule has 0 fully saturated rings. The zero-order valence-electron chi connectivity index (χ0n) is 10.6. The minimum Gasteiger partial charge on any atom is -0.459 e. The fourth-order valence-corrected chi connectivity index (χ4v) is 3.78. The molecule has 0 saturated heterocycles. The molecule has 6 heteroatoms. The van der Waals surface area contributed by atoms with Crippen LogP contribution in [-0.2, 0) is 0 Å². The quantitative estimate of drug-likeness (QED) is 0.543. The maximum absolute atomic E-state index is 6.20. The van der Waals surface area contributed by atoms with Gasteiger partial charge in [0.25, 0.3) is 0 Å². The zero-order valence-corrected chi connectivity index (χ0v) is 12.9. The molecule has 3 aromatic rings.